The molecule has 2 amide bonds. The second kappa shape index (κ2) is 7.45. The fourth-order valence-electron chi connectivity index (χ4n) is 3.33. The first-order valence-electron chi connectivity index (χ1n) is 8.02. The average molecular weight is 316 g/mol. The minimum absolute atomic E-state index is 0. The highest BCUT2D eigenvalue weighted by atomic mass is 35.5. The van der Waals surface area contributed by atoms with Gasteiger partial charge in [0.2, 0.25) is 11.8 Å². The third-order valence-electron chi connectivity index (χ3n) is 4.82. The Hall–Kier alpha value is -0.810. The zero-order valence-corrected chi connectivity index (χ0v) is 13.4. The maximum atomic E-state index is 12.2. The first-order chi connectivity index (χ1) is 9.74. The molecule has 21 heavy (non-hydrogen) atoms. The van der Waals surface area contributed by atoms with Crippen LogP contribution in [-0.2, 0) is 9.59 Å². The average Bonchev–Trinajstić information content (AvgIpc) is 3.30. The molecule has 1 aliphatic carbocycles. The molecule has 2 saturated heterocycles. The Morgan fingerprint density at radius 1 is 1.14 bits per heavy atom. The first kappa shape index (κ1) is 16.6. The third-order valence-corrected chi connectivity index (χ3v) is 4.82. The number of piperazine rings is 1. The molecule has 0 aromatic carbocycles. The molecular formula is C15H26ClN3O2. The minimum Gasteiger partial charge on any atom is -0.336 e. The molecule has 1 saturated carbocycles. The molecule has 0 bridgehead atoms. The maximum Gasteiger partial charge on any atom is 0.242 e. The zero-order chi connectivity index (χ0) is 13.9. The Labute approximate surface area is 132 Å². The van der Waals surface area contributed by atoms with Crippen molar-refractivity contribution in [2.24, 2.45) is 5.92 Å². The Kier molecular flexibility index (Phi) is 5.88. The molecule has 0 unspecified atom stereocenters. The van der Waals surface area contributed by atoms with Crippen LogP contribution in [0.3, 0.4) is 0 Å². The lowest BCUT2D eigenvalue weighted by Gasteiger charge is -2.34. The predicted molar refractivity (Wildman–Crippen MR) is 83.4 cm³/mol. The fourth-order valence-corrected chi connectivity index (χ4v) is 3.33. The number of rotatable bonds is 4. The Morgan fingerprint density at radius 3 is 2.48 bits per heavy atom. The van der Waals surface area contributed by atoms with Crippen molar-refractivity contribution in [3.63, 3.8) is 0 Å². The number of hydrogen-bond donors (Lipinski definition) is 1. The molecule has 1 N–H and O–H groups in total. The van der Waals surface area contributed by atoms with Gasteiger partial charge in [0.05, 0.1) is 6.54 Å². The van der Waals surface area contributed by atoms with E-state index in [2.05, 4.69) is 5.32 Å². The van der Waals surface area contributed by atoms with Crippen molar-refractivity contribution in [2.45, 2.75) is 44.6 Å². The lowest BCUT2D eigenvalue weighted by atomic mass is 9.93. The number of carbonyl (C=O) groups excluding carboxylic acids is 2. The van der Waals surface area contributed by atoms with Crippen LogP contribution in [0.4, 0.5) is 0 Å². The third kappa shape index (κ3) is 4.33. The van der Waals surface area contributed by atoms with Gasteiger partial charge >= 0.3 is 0 Å². The van der Waals surface area contributed by atoms with Gasteiger partial charge in [-0.25, -0.2) is 0 Å². The number of nitrogens with zero attached hydrogens (tertiary/aromatic N) is 2. The van der Waals surface area contributed by atoms with Crippen molar-refractivity contribution >= 4 is 24.2 Å². The van der Waals surface area contributed by atoms with Crippen LogP contribution < -0.4 is 5.32 Å². The molecule has 2 aliphatic heterocycles. The summed E-state index contributed by atoms with van der Waals surface area (Å²) in [6.07, 6.45) is 6.26. The van der Waals surface area contributed by atoms with Gasteiger partial charge in [-0.2, -0.15) is 0 Å². The van der Waals surface area contributed by atoms with Gasteiger partial charge in [-0.05, 0) is 51.1 Å². The highest BCUT2D eigenvalue weighted by molar-refractivity contribution is 5.86. The largest absolute Gasteiger partial charge is 0.336 e. The molecule has 3 rings (SSSR count). The van der Waals surface area contributed by atoms with Gasteiger partial charge in [-0.3, -0.25) is 9.59 Å². The van der Waals surface area contributed by atoms with Gasteiger partial charge in [-0.1, -0.05) is 0 Å². The van der Waals surface area contributed by atoms with E-state index in [1.165, 1.54) is 12.8 Å². The predicted octanol–water partition coefficient (Wildman–Crippen LogP) is 1.02. The van der Waals surface area contributed by atoms with E-state index in [4.69, 9.17) is 0 Å². The van der Waals surface area contributed by atoms with Crippen LogP contribution in [0.2, 0.25) is 0 Å². The summed E-state index contributed by atoms with van der Waals surface area (Å²) in [7, 11) is 0. The molecule has 0 aromatic heterocycles. The van der Waals surface area contributed by atoms with E-state index in [1.54, 1.807) is 4.90 Å². The monoisotopic (exact) mass is 315 g/mol. The number of amides is 2. The van der Waals surface area contributed by atoms with E-state index in [0.717, 1.165) is 45.4 Å². The van der Waals surface area contributed by atoms with Crippen molar-refractivity contribution in [3.05, 3.63) is 0 Å². The van der Waals surface area contributed by atoms with Crippen LogP contribution in [-0.4, -0.2) is 60.4 Å². The zero-order valence-electron chi connectivity index (χ0n) is 12.6. The Bertz CT molecular complexity index is 381. The Morgan fingerprint density at radius 2 is 1.86 bits per heavy atom. The van der Waals surface area contributed by atoms with E-state index in [0.29, 0.717) is 24.9 Å². The second-order valence-corrected chi connectivity index (χ2v) is 6.37. The van der Waals surface area contributed by atoms with Crippen molar-refractivity contribution in [1.29, 1.82) is 0 Å². The van der Waals surface area contributed by atoms with Crippen LogP contribution >= 0.6 is 12.4 Å². The molecular weight excluding hydrogens is 290 g/mol. The molecule has 2 heterocycles. The minimum atomic E-state index is 0. The number of carbonyl (C=O) groups is 2. The molecule has 5 nitrogen and oxygen atoms in total. The lowest BCUT2D eigenvalue weighted by Crippen LogP contribution is -2.52. The van der Waals surface area contributed by atoms with Crippen molar-refractivity contribution in [1.82, 2.24) is 15.1 Å². The lowest BCUT2D eigenvalue weighted by molar-refractivity contribution is -0.145. The normalized spacial score (nSPS) is 23.9. The summed E-state index contributed by atoms with van der Waals surface area (Å²) < 4.78 is 0. The summed E-state index contributed by atoms with van der Waals surface area (Å²) in [6.45, 7) is 3.94. The van der Waals surface area contributed by atoms with Gasteiger partial charge in [0.25, 0.3) is 0 Å². The van der Waals surface area contributed by atoms with Gasteiger partial charge in [0.15, 0.2) is 0 Å². The van der Waals surface area contributed by atoms with Gasteiger partial charge in [-0.15, -0.1) is 12.4 Å². The van der Waals surface area contributed by atoms with Crippen LogP contribution in [0.25, 0.3) is 0 Å². The number of piperidine rings is 1. The highest BCUT2D eigenvalue weighted by Crippen LogP contribution is 2.28. The molecule has 3 fully saturated rings. The van der Waals surface area contributed by atoms with Gasteiger partial charge in [0.1, 0.15) is 0 Å². The quantitative estimate of drug-likeness (QED) is 0.843. The van der Waals surface area contributed by atoms with E-state index >= 15 is 0 Å². The molecule has 0 atom stereocenters. The summed E-state index contributed by atoms with van der Waals surface area (Å²) in [4.78, 5) is 28.0. The maximum absolute atomic E-state index is 12.2. The topological polar surface area (TPSA) is 52.7 Å². The summed E-state index contributed by atoms with van der Waals surface area (Å²) in [6, 6.07) is 0.481. The van der Waals surface area contributed by atoms with Gasteiger partial charge < -0.3 is 15.1 Å². The molecule has 6 heteroatoms. The van der Waals surface area contributed by atoms with Crippen LogP contribution in [0.1, 0.15) is 38.5 Å². The highest BCUT2D eigenvalue weighted by Gasteiger charge is 2.36. The molecule has 0 radical (unpaired) electrons. The van der Waals surface area contributed by atoms with Crippen molar-refractivity contribution in [3.8, 4) is 0 Å². The molecule has 0 aromatic rings. The standard InChI is InChI=1S/C15H25N3O2.ClH/c19-14(4-1-12-5-7-16-8-6-12)17-9-10-18(13-2-3-13)15(20)11-17;/h12-13,16H,1-11H2;1H. The summed E-state index contributed by atoms with van der Waals surface area (Å²) in [5, 5.41) is 3.35. The number of hydrogen-bond acceptors (Lipinski definition) is 3. The van der Waals surface area contributed by atoms with E-state index in [1.807, 2.05) is 4.90 Å². The summed E-state index contributed by atoms with van der Waals surface area (Å²) in [5.41, 5.74) is 0. The summed E-state index contributed by atoms with van der Waals surface area (Å²) in [5.74, 6) is 1.00. The van der Waals surface area contributed by atoms with Crippen molar-refractivity contribution < 1.29 is 9.59 Å². The van der Waals surface area contributed by atoms with Gasteiger partial charge in [0, 0.05) is 25.6 Å². The Balaban J connectivity index is 0.00000161. The molecule has 3 aliphatic rings. The van der Waals surface area contributed by atoms with Crippen LogP contribution in [0, 0.1) is 5.92 Å². The van der Waals surface area contributed by atoms with E-state index in [-0.39, 0.29) is 24.2 Å². The van der Waals surface area contributed by atoms with Crippen LogP contribution in [0.5, 0.6) is 0 Å². The molecule has 120 valence electrons. The van der Waals surface area contributed by atoms with Crippen molar-refractivity contribution in [2.75, 3.05) is 32.7 Å². The fraction of sp³-hybridized carbons (Fsp3) is 0.867. The van der Waals surface area contributed by atoms with Crippen LogP contribution in [0.15, 0.2) is 0 Å². The smallest absolute Gasteiger partial charge is 0.242 e. The summed E-state index contributed by atoms with van der Waals surface area (Å²) >= 11 is 0. The number of nitrogens with one attached hydrogen (secondary N) is 1. The molecule has 0 spiro atoms. The van der Waals surface area contributed by atoms with E-state index in [9.17, 15) is 9.59 Å². The number of halogens is 1. The SMILES string of the molecule is Cl.O=C(CCC1CCNCC1)N1CCN(C2CC2)C(=O)C1. The second-order valence-electron chi connectivity index (χ2n) is 6.37. The van der Waals surface area contributed by atoms with E-state index < -0.39 is 0 Å². The first-order valence-corrected chi connectivity index (χ1v) is 8.02.